The second kappa shape index (κ2) is 7.29. The van der Waals surface area contributed by atoms with E-state index in [4.69, 9.17) is 5.73 Å². The van der Waals surface area contributed by atoms with Crippen LogP contribution in [0.25, 0.3) is 0 Å². The lowest BCUT2D eigenvalue weighted by molar-refractivity contribution is -0.120. The van der Waals surface area contributed by atoms with Crippen LogP contribution in [-0.4, -0.2) is 12.5 Å². The zero-order valence-electron chi connectivity index (χ0n) is 12.5. The molecule has 0 saturated carbocycles. The van der Waals surface area contributed by atoms with Gasteiger partial charge in [-0.1, -0.05) is 19.9 Å². The van der Waals surface area contributed by atoms with Gasteiger partial charge in [0.1, 0.15) is 0 Å². The number of nitrogens with two attached hydrogens (primary N) is 1. The highest BCUT2D eigenvalue weighted by Gasteiger charge is 2.19. The van der Waals surface area contributed by atoms with Crippen LogP contribution in [0.2, 0.25) is 0 Å². The SMILES string of the molecule is Cc1ccc(NC(=O)C(CCN)CC(C)C)cc1C. The van der Waals surface area contributed by atoms with Crippen molar-refractivity contribution in [2.75, 3.05) is 11.9 Å². The van der Waals surface area contributed by atoms with Gasteiger partial charge in [0.2, 0.25) is 5.91 Å². The zero-order valence-corrected chi connectivity index (χ0v) is 12.5. The summed E-state index contributed by atoms with van der Waals surface area (Å²) in [5, 5.41) is 3.01. The number of hydrogen-bond donors (Lipinski definition) is 2. The zero-order chi connectivity index (χ0) is 14.4. The fourth-order valence-electron chi connectivity index (χ4n) is 2.19. The Bertz CT molecular complexity index is 427. The summed E-state index contributed by atoms with van der Waals surface area (Å²) in [6.45, 7) is 8.94. The van der Waals surface area contributed by atoms with E-state index in [1.54, 1.807) is 0 Å². The highest BCUT2D eigenvalue weighted by molar-refractivity contribution is 5.92. The Morgan fingerprint density at radius 1 is 1.26 bits per heavy atom. The Balaban J connectivity index is 2.72. The molecule has 0 bridgehead atoms. The molecule has 1 unspecified atom stereocenters. The van der Waals surface area contributed by atoms with Gasteiger partial charge in [0.05, 0.1) is 0 Å². The molecule has 3 heteroatoms. The summed E-state index contributed by atoms with van der Waals surface area (Å²) >= 11 is 0. The molecule has 0 saturated heterocycles. The Kier molecular flexibility index (Phi) is 6.03. The van der Waals surface area contributed by atoms with E-state index in [1.165, 1.54) is 11.1 Å². The molecule has 1 aromatic rings. The van der Waals surface area contributed by atoms with Crippen molar-refractivity contribution in [1.82, 2.24) is 0 Å². The first-order valence-corrected chi connectivity index (χ1v) is 7.02. The molecule has 1 atom stereocenters. The van der Waals surface area contributed by atoms with Crippen LogP contribution in [0.1, 0.15) is 37.8 Å². The minimum absolute atomic E-state index is 0.00612. The van der Waals surface area contributed by atoms with Crippen LogP contribution in [0.5, 0.6) is 0 Å². The number of hydrogen-bond acceptors (Lipinski definition) is 2. The number of nitrogens with one attached hydrogen (secondary N) is 1. The Morgan fingerprint density at radius 2 is 1.95 bits per heavy atom. The van der Waals surface area contributed by atoms with Gasteiger partial charge in [0, 0.05) is 11.6 Å². The van der Waals surface area contributed by atoms with Crippen molar-refractivity contribution in [3.63, 3.8) is 0 Å². The number of rotatable bonds is 6. The molecule has 1 aromatic carbocycles. The molecule has 0 radical (unpaired) electrons. The van der Waals surface area contributed by atoms with E-state index < -0.39 is 0 Å². The number of amides is 1. The lowest BCUT2D eigenvalue weighted by Crippen LogP contribution is -2.26. The van der Waals surface area contributed by atoms with Gasteiger partial charge in [0.25, 0.3) is 0 Å². The van der Waals surface area contributed by atoms with Gasteiger partial charge in [-0.25, -0.2) is 0 Å². The number of aryl methyl sites for hydroxylation is 2. The first-order chi connectivity index (χ1) is 8.93. The molecule has 106 valence electrons. The third-order valence-corrected chi connectivity index (χ3v) is 3.42. The monoisotopic (exact) mass is 262 g/mol. The average molecular weight is 262 g/mol. The Morgan fingerprint density at radius 3 is 2.47 bits per heavy atom. The first-order valence-electron chi connectivity index (χ1n) is 7.02. The standard InChI is InChI=1S/C16H26N2O/c1-11(2)9-14(7-8-17)16(19)18-15-6-5-12(3)13(4)10-15/h5-6,10-11,14H,7-9,17H2,1-4H3,(H,18,19). The van der Waals surface area contributed by atoms with Crippen molar-refractivity contribution in [3.8, 4) is 0 Å². The van der Waals surface area contributed by atoms with E-state index in [0.29, 0.717) is 12.5 Å². The molecule has 1 amide bonds. The summed E-state index contributed by atoms with van der Waals surface area (Å²) in [5.41, 5.74) is 8.90. The second-order valence-corrected chi connectivity index (χ2v) is 5.69. The average Bonchev–Trinajstić information content (AvgIpc) is 2.33. The highest BCUT2D eigenvalue weighted by atomic mass is 16.1. The quantitative estimate of drug-likeness (QED) is 0.826. The number of carbonyl (C=O) groups is 1. The second-order valence-electron chi connectivity index (χ2n) is 5.69. The Labute approximate surface area is 116 Å². The molecule has 0 fully saturated rings. The molecule has 0 aliphatic carbocycles. The summed E-state index contributed by atoms with van der Waals surface area (Å²) in [4.78, 5) is 12.3. The van der Waals surface area contributed by atoms with Gasteiger partial charge in [-0.2, -0.15) is 0 Å². The predicted molar refractivity (Wildman–Crippen MR) is 81.2 cm³/mol. The minimum atomic E-state index is 0.00612. The van der Waals surface area contributed by atoms with Crippen LogP contribution in [0.15, 0.2) is 18.2 Å². The van der Waals surface area contributed by atoms with Gasteiger partial charge in [-0.05, 0) is 62.4 Å². The van der Waals surface area contributed by atoms with Gasteiger partial charge >= 0.3 is 0 Å². The van der Waals surface area contributed by atoms with Crippen molar-refractivity contribution >= 4 is 11.6 Å². The topological polar surface area (TPSA) is 55.1 Å². The van der Waals surface area contributed by atoms with Crippen molar-refractivity contribution in [3.05, 3.63) is 29.3 Å². The fraction of sp³-hybridized carbons (Fsp3) is 0.562. The van der Waals surface area contributed by atoms with Crippen LogP contribution in [-0.2, 0) is 4.79 Å². The lowest BCUT2D eigenvalue weighted by atomic mass is 9.93. The number of benzene rings is 1. The summed E-state index contributed by atoms with van der Waals surface area (Å²) in [5.74, 6) is 0.594. The molecular weight excluding hydrogens is 236 g/mol. The molecule has 0 aromatic heterocycles. The summed E-state index contributed by atoms with van der Waals surface area (Å²) < 4.78 is 0. The first kappa shape index (κ1) is 15.7. The molecule has 1 rings (SSSR count). The molecule has 3 N–H and O–H groups in total. The van der Waals surface area contributed by atoms with E-state index in [2.05, 4.69) is 33.0 Å². The molecular formula is C16H26N2O. The van der Waals surface area contributed by atoms with Crippen molar-refractivity contribution in [2.24, 2.45) is 17.6 Å². The predicted octanol–water partition coefficient (Wildman–Crippen LogP) is 3.25. The number of anilines is 1. The maximum absolute atomic E-state index is 12.3. The summed E-state index contributed by atoms with van der Waals surface area (Å²) in [6, 6.07) is 6.00. The van der Waals surface area contributed by atoms with E-state index in [0.717, 1.165) is 18.5 Å². The van der Waals surface area contributed by atoms with Crippen molar-refractivity contribution < 1.29 is 4.79 Å². The van der Waals surface area contributed by atoms with Crippen LogP contribution < -0.4 is 11.1 Å². The van der Waals surface area contributed by atoms with E-state index in [1.807, 2.05) is 18.2 Å². The molecule has 19 heavy (non-hydrogen) atoms. The van der Waals surface area contributed by atoms with Crippen LogP contribution in [0.4, 0.5) is 5.69 Å². The maximum atomic E-state index is 12.3. The smallest absolute Gasteiger partial charge is 0.227 e. The molecule has 0 aliphatic rings. The third kappa shape index (κ3) is 5.03. The molecule has 0 spiro atoms. The number of carbonyl (C=O) groups excluding carboxylic acids is 1. The van der Waals surface area contributed by atoms with Crippen molar-refractivity contribution in [1.29, 1.82) is 0 Å². The van der Waals surface area contributed by atoms with Gasteiger partial charge in [-0.3, -0.25) is 4.79 Å². The van der Waals surface area contributed by atoms with E-state index in [-0.39, 0.29) is 11.8 Å². The van der Waals surface area contributed by atoms with E-state index in [9.17, 15) is 4.79 Å². The third-order valence-electron chi connectivity index (χ3n) is 3.42. The Hall–Kier alpha value is -1.35. The highest BCUT2D eigenvalue weighted by Crippen LogP contribution is 2.19. The summed E-state index contributed by atoms with van der Waals surface area (Å²) in [6.07, 6.45) is 1.63. The van der Waals surface area contributed by atoms with Crippen LogP contribution in [0.3, 0.4) is 0 Å². The summed E-state index contributed by atoms with van der Waals surface area (Å²) in [7, 11) is 0. The molecule has 3 nitrogen and oxygen atoms in total. The maximum Gasteiger partial charge on any atom is 0.227 e. The lowest BCUT2D eigenvalue weighted by Gasteiger charge is -2.18. The minimum Gasteiger partial charge on any atom is -0.330 e. The molecule has 0 aliphatic heterocycles. The largest absolute Gasteiger partial charge is 0.330 e. The van der Waals surface area contributed by atoms with E-state index >= 15 is 0 Å². The van der Waals surface area contributed by atoms with Crippen LogP contribution >= 0.6 is 0 Å². The normalized spacial score (nSPS) is 12.5. The molecule has 0 heterocycles. The van der Waals surface area contributed by atoms with Gasteiger partial charge in [0.15, 0.2) is 0 Å². The van der Waals surface area contributed by atoms with Crippen molar-refractivity contribution in [2.45, 2.75) is 40.5 Å². The van der Waals surface area contributed by atoms with Crippen LogP contribution in [0, 0.1) is 25.7 Å². The fourth-order valence-corrected chi connectivity index (χ4v) is 2.19. The van der Waals surface area contributed by atoms with Gasteiger partial charge in [-0.15, -0.1) is 0 Å². The van der Waals surface area contributed by atoms with Gasteiger partial charge < -0.3 is 11.1 Å².